The van der Waals surface area contributed by atoms with Crippen molar-refractivity contribution < 1.29 is 14.7 Å². The zero-order valence-electron chi connectivity index (χ0n) is 18.5. The van der Waals surface area contributed by atoms with Gasteiger partial charge >= 0.3 is 0 Å². The van der Waals surface area contributed by atoms with Crippen LogP contribution in [0.5, 0.6) is 0 Å². The smallest absolute Gasteiger partial charge is 0.223 e. The van der Waals surface area contributed by atoms with Crippen molar-refractivity contribution in [2.75, 3.05) is 0 Å². The molecule has 3 N–H and O–H groups in total. The van der Waals surface area contributed by atoms with Crippen molar-refractivity contribution in [2.45, 2.75) is 97.8 Å². The second-order valence-electron chi connectivity index (χ2n) is 11.2. The average molecular weight is 393 g/mol. The number of hydrogen-bond acceptors (Lipinski definition) is 3. The molecule has 0 unspecified atom stereocenters. The second-order valence-corrected chi connectivity index (χ2v) is 11.2. The summed E-state index contributed by atoms with van der Waals surface area (Å²) in [6, 6.07) is 0.137. The van der Waals surface area contributed by atoms with Crippen LogP contribution in [0.1, 0.15) is 80.1 Å². The molecular weight excluding hydrogens is 352 g/mol. The number of rotatable bonds is 4. The molecule has 0 aromatic heterocycles. The van der Waals surface area contributed by atoms with Crippen LogP contribution in [-0.2, 0) is 9.59 Å². The van der Waals surface area contributed by atoms with Gasteiger partial charge in [-0.05, 0) is 82.5 Å². The van der Waals surface area contributed by atoms with E-state index >= 15 is 0 Å². The molecule has 5 nitrogen and oxygen atoms in total. The van der Waals surface area contributed by atoms with Gasteiger partial charge < -0.3 is 15.7 Å². The van der Waals surface area contributed by atoms with Crippen molar-refractivity contribution in [3.63, 3.8) is 0 Å². The zero-order chi connectivity index (χ0) is 20.9. The van der Waals surface area contributed by atoms with Crippen LogP contribution in [0.4, 0.5) is 0 Å². The summed E-state index contributed by atoms with van der Waals surface area (Å²) in [6.45, 7) is 12.4. The lowest BCUT2D eigenvalue weighted by Crippen LogP contribution is -2.59. The fourth-order valence-electron chi connectivity index (χ4n) is 5.82. The number of carbonyl (C=O) groups is 2. The summed E-state index contributed by atoms with van der Waals surface area (Å²) < 4.78 is 0. The molecule has 0 aromatic rings. The molecule has 3 rings (SSSR count). The molecular formula is C23H40N2O3. The Kier molecular flexibility index (Phi) is 5.88. The Morgan fingerprint density at radius 1 is 1.11 bits per heavy atom. The average Bonchev–Trinajstić information content (AvgIpc) is 3.40. The number of amides is 2. The molecule has 5 heteroatoms. The van der Waals surface area contributed by atoms with Gasteiger partial charge in [0.1, 0.15) is 0 Å². The SMILES string of the molecule is C[C@H]1[C@@H]2[C@@H](O)[C@H]([C@H](C)C(=O)NC(C)(C)C)CC[C@@]2(C)CC[C@@H]1NC(=O)C1CC1. The van der Waals surface area contributed by atoms with Crippen molar-refractivity contribution in [1.82, 2.24) is 10.6 Å². The molecule has 7 atom stereocenters. The minimum atomic E-state index is -0.505. The Morgan fingerprint density at radius 2 is 1.71 bits per heavy atom. The highest BCUT2D eigenvalue weighted by Gasteiger charge is 2.54. The molecule has 2 amide bonds. The minimum Gasteiger partial charge on any atom is -0.392 e. The monoisotopic (exact) mass is 392 g/mol. The van der Waals surface area contributed by atoms with Gasteiger partial charge in [0.15, 0.2) is 0 Å². The van der Waals surface area contributed by atoms with Gasteiger partial charge in [-0.2, -0.15) is 0 Å². The highest BCUT2D eigenvalue weighted by atomic mass is 16.3. The lowest BCUT2D eigenvalue weighted by Gasteiger charge is -2.56. The van der Waals surface area contributed by atoms with Crippen molar-refractivity contribution >= 4 is 11.8 Å². The van der Waals surface area contributed by atoms with Crippen LogP contribution in [-0.4, -0.2) is 34.6 Å². The maximum absolute atomic E-state index is 12.7. The first kappa shape index (κ1) is 21.6. The molecule has 160 valence electrons. The van der Waals surface area contributed by atoms with E-state index in [2.05, 4.69) is 24.5 Å². The van der Waals surface area contributed by atoms with Gasteiger partial charge in [-0.3, -0.25) is 9.59 Å². The Hall–Kier alpha value is -1.10. The molecule has 0 spiro atoms. The molecule has 0 radical (unpaired) electrons. The van der Waals surface area contributed by atoms with E-state index in [1.165, 1.54) is 0 Å². The Bertz CT molecular complexity index is 609. The van der Waals surface area contributed by atoms with Gasteiger partial charge in [0.25, 0.3) is 0 Å². The maximum atomic E-state index is 12.7. The Balaban J connectivity index is 1.72. The summed E-state index contributed by atoms with van der Waals surface area (Å²) in [7, 11) is 0. The molecule has 3 saturated carbocycles. The van der Waals surface area contributed by atoms with Crippen molar-refractivity contribution in [1.29, 1.82) is 0 Å². The van der Waals surface area contributed by atoms with Gasteiger partial charge in [0.05, 0.1) is 6.10 Å². The van der Waals surface area contributed by atoms with E-state index in [0.29, 0.717) is 0 Å². The molecule has 0 saturated heterocycles. The van der Waals surface area contributed by atoms with E-state index in [0.717, 1.165) is 38.5 Å². The van der Waals surface area contributed by atoms with Crippen LogP contribution < -0.4 is 10.6 Å². The van der Waals surface area contributed by atoms with E-state index in [4.69, 9.17) is 0 Å². The quantitative estimate of drug-likeness (QED) is 0.687. The van der Waals surface area contributed by atoms with Crippen LogP contribution in [0.25, 0.3) is 0 Å². The highest BCUT2D eigenvalue weighted by molar-refractivity contribution is 5.81. The largest absolute Gasteiger partial charge is 0.392 e. The summed E-state index contributed by atoms with van der Waals surface area (Å²) in [5, 5.41) is 17.7. The highest BCUT2D eigenvalue weighted by Crippen LogP contribution is 2.55. The Labute approximate surface area is 170 Å². The van der Waals surface area contributed by atoms with E-state index in [9.17, 15) is 14.7 Å². The number of carbonyl (C=O) groups excluding carboxylic acids is 2. The number of fused-ring (bicyclic) bond motifs is 1. The molecule has 0 heterocycles. The van der Waals surface area contributed by atoms with Crippen LogP contribution in [0, 0.1) is 35.0 Å². The van der Waals surface area contributed by atoms with Crippen molar-refractivity contribution in [3.8, 4) is 0 Å². The van der Waals surface area contributed by atoms with Gasteiger partial charge in [-0.25, -0.2) is 0 Å². The molecule has 3 fully saturated rings. The molecule has 0 aromatic carbocycles. The standard InChI is InChI=1S/C23H40N2O3/c1-13(20(27)25-22(3,4)5)16-9-11-23(6)12-10-17(14(2)18(23)19(16)26)24-21(28)15-7-8-15/h13-19,26H,7-12H2,1-6H3,(H,24,28)(H,25,27)/t13-,14+,16-,17-,18+,19-,23-/m0/s1. The van der Waals surface area contributed by atoms with Crippen LogP contribution in [0.15, 0.2) is 0 Å². The Morgan fingerprint density at radius 3 is 2.29 bits per heavy atom. The second kappa shape index (κ2) is 7.62. The van der Waals surface area contributed by atoms with E-state index in [-0.39, 0.29) is 58.4 Å². The summed E-state index contributed by atoms with van der Waals surface area (Å²) in [4.78, 5) is 25.0. The van der Waals surface area contributed by atoms with Crippen LogP contribution in [0.2, 0.25) is 0 Å². The molecule has 3 aliphatic carbocycles. The molecule has 28 heavy (non-hydrogen) atoms. The predicted molar refractivity (Wildman–Crippen MR) is 110 cm³/mol. The lowest BCUT2D eigenvalue weighted by molar-refractivity contribution is -0.144. The van der Waals surface area contributed by atoms with Crippen LogP contribution in [0.3, 0.4) is 0 Å². The van der Waals surface area contributed by atoms with Crippen molar-refractivity contribution in [3.05, 3.63) is 0 Å². The first-order valence-corrected chi connectivity index (χ1v) is 11.2. The maximum Gasteiger partial charge on any atom is 0.223 e. The number of aliphatic hydroxyl groups is 1. The summed E-state index contributed by atoms with van der Waals surface area (Å²) in [5.74, 6) is 0.535. The minimum absolute atomic E-state index is 0.0271. The molecule has 0 aliphatic heterocycles. The first-order valence-electron chi connectivity index (χ1n) is 11.2. The van der Waals surface area contributed by atoms with Gasteiger partial charge in [0.2, 0.25) is 11.8 Å². The van der Waals surface area contributed by atoms with Gasteiger partial charge in [0, 0.05) is 23.4 Å². The first-order chi connectivity index (χ1) is 12.9. The van der Waals surface area contributed by atoms with Crippen molar-refractivity contribution in [2.24, 2.45) is 35.0 Å². The summed E-state index contributed by atoms with van der Waals surface area (Å²) >= 11 is 0. The third kappa shape index (κ3) is 4.39. The third-order valence-electron chi connectivity index (χ3n) is 7.72. The summed E-state index contributed by atoms with van der Waals surface area (Å²) in [6.07, 6.45) is 5.47. The van der Waals surface area contributed by atoms with Gasteiger partial charge in [-0.15, -0.1) is 0 Å². The van der Waals surface area contributed by atoms with E-state index in [1.807, 2.05) is 27.7 Å². The molecule has 0 bridgehead atoms. The predicted octanol–water partition coefficient (Wildman–Crippen LogP) is 3.26. The lowest BCUT2D eigenvalue weighted by atomic mass is 9.51. The van der Waals surface area contributed by atoms with E-state index < -0.39 is 6.10 Å². The fraction of sp³-hybridized carbons (Fsp3) is 0.913. The van der Waals surface area contributed by atoms with Gasteiger partial charge in [-0.1, -0.05) is 20.8 Å². The van der Waals surface area contributed by atoms with E-state index in [1.54, 1.807) is 0 Å². The normalized spacial score (nSPS) is 39.6. The number of hydrogen-bond donors (Lipinski definition) is 3. The fourth-order valence-corrected chi connectivity index (χ4v) is 5.82. The zero-order valence-corrected chi connectivity index (χ0v) is 18.5. The number of nitrogens with one attached hydrogen (secondary N) is 2. The number of aliphatic hydroxyl groups excluding tert-OH is 1. The van der Waals surface area contributed by atoms with Crippen LogP contribution >= 0.6 is 0 Å². The molecule has 3 aliphatic rings. The topological polar surface area (TPSA) is 78.4 Å². The summed E-state index contributed by atoms with van der Waals surface area (Å²) in [5.41, 5.74) is -0.174. The third-order valence-corrected chi connectivity index (χ3v) is 7.72.